The molecule has 0 radical (unpaired) electrons. The molecule has 0 aliphatic carbocycles. The van der Waals surface area contributed by atoms with Crippen LogP contribution in [0.2, 0.25) is 0 Å². The smallest absolute Gasteiger partial charge is 0.156 e. The van der Waals surface area contributed by atoms with Crippen molar-refractivity contribution >= 4 is 22.9 Å². The molecule has 1 unspecified atom stereocenters. The number of nitrogens with zero attached hydrogens (tertiary/aromatic N) is 2. The maximum absolute atomic E-state index is 10.0. The summed E-state index contributed by atoms with van der Waals surface area (Å²) in [4.78, 5) is 0. The van der Waals surface area contributed by atoms with Gasteiger partial charge in [-0.15, -0.1) is 4.52 Å². The van der Waals surface area contributed by atoms with Crippen molar-refractivity contribution in [2.45, 2.75) is 0 Å². The van der Waals surface area contributed by atoms with Crippen LogP contribution in [-0.2, 0) is 11.0 Å². The normalized spacial score (nSPS) is 15.1. The van der Waals surface area contributed by atoms with Gasteiger partial charge in [0.15, 0.2) is 11.0 Å². The van der Waals surface area contributed by atoms with Crippen LogP contribution in [0.5, 0.6) is 0 Å². The van der Waals surface area contributed by atoms with Crippen LogP contribution in [0.3, 0.4) is 0 Å². The fourth-order valence-corrected chi connectivity index (χ4v) is 0.722. The largest absolute Gasteiger partial charge is 0.234 e. The van der Waals surface area contributed by atoms with Gasteiger partial charge in [0.1, 0.15) is 0 Å². The molecule has 0 saturated heterocycles. The van der Waals surface area contributed by atoms with Gasteiger partial charge in [-0.2, -0.15) is 0 Å². The van der Waals surface area contributed by atoms with Gasteiger partial charge in [0.25, 0.3) is 0 Å². The summed E-state index contributed by atoms with van der Waals surface area (Å²) in [5.41, 5.74) is 0. The van der Waals surface area contributed by atoms with E-state index in [0.717, 1.165) is 0 Å². The van der Waals surface area contributed by atoms with Gasteiger partial charge in [0, 0.05) is 12.5 Å². The zero-order valence-corrected chi connectivity index (χ0v) is 5.75. The molecule has 0 spiro atoms. The van der Waals surface area contributed by atoms with Crippen LogP contribution in [0.15, 0.2) is 9.04 Å². The molecule has 3 nitrogen and oxygen atoms in total. The van der Waals surface area contributed by atoms with Gasteiger partial charge in [0.05, 0.1) is 0 Å². The average Bonchev–Trinajstić information content (AvgIpc) is 1.61. The highest BCUT2D eigenvalue weighted by atomic mass is 32.2. The predicted octanol–water partition coefficient (Wildman–Crippen LogP) is 1.01. The predicted molar refractivity (Wildman–Crippen MR) is 32.4 cm³/mol. The molecule has 0 amide bonds. The molecular formula is C2H6N2OS2. The second kappa shape index (κ2) is 4.26. The molecule has 0 fully saturated rings. The van der Waals surface area contributed by atoms with Crippen LogP contribution < -0.4 is 0 Å². The Bertz CT molecular complexity index is 91.7. The lowest BCUT2D eigenvalue weighted by Crippen LogP contribution is -1.70. The summed E-state index contributed by atoms with van der Waals surface area (Å²) in [6.07, 6.45) is 3.23. The van der Waals surface area contributed by atoms with Crippen LogP contribution >= 0.6 is 11.9 Å². The lowest BCUT2D eigenvalue weighted by Gasteiger charge is -1.74. The van der Waals surface area contributed by atoms with Gasteiger partial charge in [-0.05, 0) is 11.9 Å². The standard InChI is InChI=1S/C2H6N2OS2/c1-6-3-4-7(2)5/h1-2H3. The average molecular weight is 138 g/mol. The van der Waals surface area contributed by atoms with Crippen LogP contribution in [0.25, 0.3) is 0 Å². The molecule has 1 atom stereocenters. The summed E-state index contributed by atoms with van der Waals surface area (Å²) in [5, 5.41) is 0. The van der Waals surface area contributed by atoms with E-state index in [2.05, 4.69) is 9.04 Å². The van der Waals surface area contributed by atoms with E-state index in [1.807, 2.05) is 0 Å². The second-order valence-electron chi connectivity index (χ2n) is 0.770. The molecule has 0 aromatic heterocycles. The van der Waals surface area contributed by atoms with E-state index in [1.165, 1.54) is 18.2 Å². The summed E-state index contributed by atoms with van der Waals surface area (Å²) < 4.78 is 16.8. The lowest BCUT2D eigenvalue weighted by molar-refractivity contribution is 0.687. The molecule has 0 aliphatic heterocycles. The zero-order chi connectivity index (χ0) is 5.70. The summed E-state index contributed by atoms with van der Waals surface area (Å²) in [7, 11) is -1.13. The summed E-state index contributed by atoms with van der Waals surface area (Å²) in [5.74, 6) is 0. The van der Waals surface area contributed by atoms with Crippen LogP contribution in [-0.4, -0.2) is 16.7 Å². The first-order chi connectivity index (χ1) is 3.27. The third kappa shape index (κ3) is 6.10. The Morgan fingerprint density at radius 3 is 2.43 bits per heavy atom. The van der Waals surface area contributed by atoms with Crippen molar-refractivity contribution in [3.8, 4) is 0 Å². The monoisotopic (exact) mass is 138 g/mol. The summed E-state index contributed by atoms with van der Waals surface area (Å²) in [6.45, 7) is 0. The van der Waals surface area contributed by atoms with E-state index >= 15 is 0 Å². The summed E-state index contributed by atoms with van der Waals surface area (Å²) >= 11 is 1.20. The first-order valence-corrected chi connectivity index (χ1v) is 4.24. The highest BCUT2D eigenvalue weighted by Gasteiger charge is 1.75. The third-order valence-corrected chi connectivity index (χ3v) is 0.890. The Balaban J connectivity index is 3.26. The van der Waals surface area contributed by atoms with Crippen molar-refractivity contribution in [3.05, 3.63) is 0 Å². The molecule has 0 bridgehead atoms. The Hall–Kier alpha value is 0.1000. The van der Waals surface area contributed by atoms with Gasteiger partial charge in [-0.1, -0.05) is 4.52 Å². The third-order valence-electron chi connectivity index (χ3n) is 0.230. The minimum absolute atomic E-state index is 1.13. The van der Waals surface area contributed by atoms with E-state index < -0.39 is 11.0 Å². The summed E-state index contributed by atoms with van der Waals surface area (Å²) in [6, 6.07) is 0. The van der Waals surface area contributed by atoms with E-state index in [4.69, 9.17) is 0 Å². The van der Waals surface area contributed by atoms with Gasteiger partial charge in [-0.3, -0.25) is 0 Å². The first kappa shape index (κ1) is 7.10. The fraction of sp³-hybridized carbons (Fsp3) is 1.00. The SMILES string of the molecule is CSN=NS(C)=O. The second-order valence-corrected chi connectivity index (χ2v) is 2.31. The Morgan fingerprint density at radius 1 is 1.71 bits per heavy atom. The molecule has 0 heterocycles. The number of hydrogen-bond acceptors (Lipinski definition) is 3. The van der Waals surface area contributed by atoms with Crippen molar-refractivity contribution in [2.75, 3.05) is 12.5 Å². The topological polar surface area (TPSA) is 41.8 Å². The molecular weight excluding hydrogens is 132 g/mol. The minimum atomic E-state index is -1.13. The van der Waals surface area contributed by atoms with Gasteiger partial charge in [-0.25, -0.2) is 4.21 Å². The quantitative estimate of drug-likeness (QED) is 0.422. The van der Waals surface area contributed by atoms with E-state index in [9.17, 15) is 4.21 Å². The molecule has 5 heteroatoms. The number of hydrogen-bond donors (Lipinski definition) is 0. The fourth-order valence-electron chi connectivity index (χ4n) is 0.0803. The Kier molecular flexibility index (Phi) is 4.32. The highest BCUT2D eigenvalue weighted by Crippen LogP contribution is 1.94. The van der Waals surface area contributed by atoms with Gasteiger partial charge >= 0.3 is 0 Å². The van der Waals surface area contributed by atoms with Crippen LogP contribution in [0, 0.1) is 0 Å². The molecule has 0 aromatic rings. The first-order valence-electron chi connectivity index (χ1n) is 1.55. The zero-order valence-electron chi connectivity index (χ0n) is 4.12. The maximum atomic E-state index is 10.0. The van der Waals surface area contributed by atoms with Crippen LogP contribution in [0.4, 0.5) is 0 Å². The number of rotatable bonds is 2. The molecule has 7 heavy (non-hydrogen) atoms. The van der Waals surface area contributed by atoms with Gasteiger partial charge in [0.2, 0.25) is 0 Å². The molecule has 0 N–H and O–H groups in total. The molecule has 0 saturated carbocycles. The lowest BCUT2D eigenvalue weighted by atomic mass is 12.0. The molecule has 0 aliphatic rings. The van der Waals surface area contributed by atoms with Crippen LogP contribution in [0.1, 0.15) is 0 Å². The van der Waals surface area contributed by atoms with Crippen molar-refractivity contribution in [2.24, 2.45) is 9.04 Å². The molecule has 42 valence electrons. The minimum Gasteiger partial charge on any atom is -0.234 e. The Labute approximate surface area is 49.3 Å². The molecule has 0 rings (SSSR count). The van der Waals surface area contributed by atoms with E-state index in [1.54, 1.807) is 6.26 Å². The van der Waals surface area contributed by atoms with E-state index in [-0.39, 0.29) is 0 Å². The van der Waals surface area contributed by atoms with Crippen molar-refractivity contribution < 1.29 is 4.21 Å². The Morgan fingerprint density at radius 2 is 2.29 bits per heavy atom. The maximum Gasteiger partial charge on any atom is 0.156 e. The van der Waals surface area contributed by atoms with Crippen molar-refractivity contribution in [3.63, 3.8) is 0 Å². The van der Waals surface area contributed by atoms with Crippen molar-refractivity contribution in [1.29, 1.82) is 0 Å². The van der Waals surface area contributed by atoms with E-state index in [0.29, 0.717) is 0 Å². The van der Waals surface area contributed by atoms with Gasteiger partial charge < -0.3 is 0 Å². The van der Waals surface area contributed by atoms with Crippen molar-refractivity contribution in [1.82, 2.24) is 0 Å². The highest BCUT2D eigenvalue weighted by molar-refractivity contribution is 7.97. The molecule has 0 aromatic carbocycles.